The van der Waals surface area contributed by atoms with Crippen LogP contribution < -0.4 is 15.1 Å². The number of β-amino-alcohol motifs (C(OH)–C–C–N with tert-alkyl or cyclic N) is 1. The molecular formula is C45H48N8O5S2. The summed E-state index contributed by atoms with van der Waals surface area (Å²) in [6.45, 7) is 11.5. The predicted molar refractivity (Wildman–Crippen MR) is 232 cm³/mol. The lowest BCUT2D eigenvalue weighted by atomic mass is 9.73. The number of amides is 2. The highest BCUT2D eigenvalue weighted by Crippen LogP contribution is 2.55. The molecule has 3 aliphatic heterocycles. The predicted octanol–water partition coefficient (Wildman–Crippen LogP) is 7.27. The Labute approximate surface area is 356 Å². The molecule has 4 fully saturated rings. The summed E-state index contributed by atoms with van der Waals surface area (Å²) in [4.78, 5) is 40.7. The first-order valence-electron chi connectivity index (χ1n) is 20.8. The number of aromatic hydroxyl groups is 1. The molecule has 7 heterocycles. The molecular weight excluding hydrogens is 797 g/mol. The van der Waals surface area contributed by atoms with Gasteiger partial charge in [0.15, 0.2) is 11.6 Å². The molecule has 10 rings (SSSR count). The number of rotatable bonds is 11. The second-order valence-electron chi connectivity index (χ2n) is 17.6. The quantitative estimate of drug-likeness (QED) is 0.120. The minimum Gasteiger partial charge on any atom is -0.507 e. The molecule has 310 valence electrons. The average Bonchev–Trinajstić information content (AvgIpc) is 3.49. The summed E-state index contributed by atoms with van der Waals surface area (Å²) in [5, 5.41) is 40.3. The summed E-state index contributed by atoms with van der Waals surface area (Å²) in [5.74, 6) is 0.564. The fourth-order valence-electron chi connectivity index (χ4n) is 9.46. The number of aryl methyl sites for hydroxylation is 1. The van der Waals surface area contributed by atoms with E-state index in [4.69, 9.17) is 4.52 Å². The van der Waals surface area contributed by atoms with Gasteiger partial charge < -0.3 is 34.8 Å². The molecule has 4 aliphatic rings. The number of aliphatic hydroxyl groups excluding tert-OH is 1. The number of carbonyl (C=O) groups is 2. The number of nitrogens with zero attached hydrogens (tertiary/aromatic N) is 7. The first-order valence-corrected chi connectivity index (χ1v) is 22.5. The van der Waals surface area contributed by atoms with E-state index in [0.29, 0.717) is 28.8 Å². The van der Waals surface area contributed by atoms with Crippen LogP contribution in [0.3, 0.4) is 0 Å². The van der Waals surface area contributed by atoms with E-state index in [1.54, 1.807) is 28.7 Å². The minimum absolute atomic E-state index is 0.0795. The monoisotopic (exact) mass is 844 g/mol. The number of thiazole rings is 1. The summed E-state index contributed by atoms with van der Waals surface area (Å²) >= 11 is 3.31. The molecule has 1 unspecified atom stereocenters. The Morgan fingerprint density at radius 1 is 0.983 bits per heavy atom. The lowest BCUT2D eigenvalue weighted by Crippen LogP contribution is -2.72. The van der Waals surface area contributed by atoms with E-state index >= 15 is 0 Å². The lowest BCUT2D eigenvalue weighted by molar-refractivity contribution is -0.141. The number of carbonyl (C=O) groups excluding carboxylic acids is 2. The van der Waals surface area contributed by atoms with Crippen molar-refractivity contribution in [2.45, 2.75) is 77.0 Å². The van der Waals surface area contributed by atoms with Gasteiger partial charge in [-0.05, 0) is 73.4 Å². The second kappa shape index (κ2) is 15.0. The molecule has 1 aliphatic carbocycles. The van der Waals surface area contributed by atoms with Gasteiger partial charge in [-0.25, -0.2) is 4.98 Å². The third kappa shape index (κ3) is 6.89. The van der Waals surface area contributed by atoms with Crippen LogP contribution in [0.2, 0.25) is 0 Å². The third-order valence-corrected chi connectivity index (χ3v) is 14.9. The zero-order valence-corrected chi connectivity index (χ0v) is 35.7. The van der Waals surface area contributed by atoms with Crippen molar-refractivity contribution in [3.8, 4) is 27.4 Å². The van der Waals surface area contributed by atoms with E-state index in [2.05, 4.69) is 41.5 Å². The second-order valence-corrected chi connectivity index (χ2v) is 19.4. The van der Waals surface area contributed by atoms with E-state index in [0.717, 1.165) is 58.1 Å². The van der Waals surface area contributed by atoms with Crippen LogP contribution in [0.1, 0.15) is 80.5 Å². The van der Waals surface area contributed by atoms with E-state index in [1.165, 1.54) is 28.3 Å². The number of phenols is 1. The molecule has 1 spiro atoms. The Hall–Kier alpha value is -5.38. The zero-order chi connectivity index (χ0) is 41.4. The number of aromatic nitrogens is 4. The Kier molecular flexibility index (Phi) is 9.67. The maximum absolute atomic E-state index is 14.3. The molecule has 15 heteroatoms. The van der Waals surface area contributed by atoms with Crippen LogP contribution in [0.4, 0.5) is 10.8 Å². The van der Waals surface area contributed by atoms with Crippen molar-refractivity contribution in [2.75, 3.05) is 42.5 Å². The number of hydrogen-bond donors (Lipinski definition) is 3. The molecule has 3 N–H and O–H groups in total. The number of benzene rings is 2. The molecule has 60 heavy (non-hydrogen) atoms. The number of para-hydroxylation sites is 1. The number of likely N-dealkylation sites (tertiary alicyclic amines) is 1. The molecule has 13 nitrogen and oxygen atoms in total. The molecule has 4 atom stereocenters. The van der Waals surface area contributed by atoms with Crippen molar-refractivity contribution >= 4 is 55.5 Å². The van der Waals surface area contributed by atoms with Crippen LogP contribution >= 0.6 is 22.7 Å². The highest BCUT2D eigenvalue weighted by Gasteiger charge is 2.54. The van der Waals surface area contributed by atoms with Crippen molar-refractivity contribution in [2.24, 2.45) is 11.3 Å². The minimum atomic E-state index is -0.804. The maximum atomic E-state index is 14.3. The van der Waals surface area contributed by atoms with E-state index in [-0.39, 0.29) is 47.9 Å². The standard InChI is InChI=1S/C45H48N8O5S2/c1-24(2)38(43(57)53-18-30(54)15-34(53)41(56)47-25(3)27-9-13-29(14-10-27)40-26(4)46-23-59-40)36-17-37(50-58-36)51-19-45(20-51)21-52(22-45)44-39(28-11-12-28)32-16-33(48-49-42(32)60-44)31-7-5-6-8-35(31)55/h5-10,13-14,16-17,23-25,28,30,34,38,54-55H,11-12,15,18-22H2,1-4H3,(H,47,56)/t25-,30+,34-,38?/m0/s1. The number of anilines is 2. The van der Waals surface area contributed by atoms with Gasteiger partial charge in [0.25, 0.3) is 0 Å². The molecule has 6 aromatic rings. The SMILES string of the molecule is Cc1ncsc1-c1ccc([C@H](C)NC(=O)[C@@H]2C[C@@H](O)CN2C(=O)C(c2cc(N3CC4(C3)CN(c3sc5nnc(-c6ccccc6O)cc5c3C3CC3)C4)no2)C(C)C)cc1. The Morgan fingerprint density at radius 2 is 1.73 bits per heavy atom. The van der Waals surface area contributed by atoms with Crippen LogP contribution in [-0.2, 0) is 9.59 Å². The van der Waals surface area contributed by atoms with Crippen LogP contribution in [-0.4, -0.2) is 92.1 Å². The average molecular weight is 845 g/mol. The summed E-state index contributed by atoms with van der Waals surface area (Å²) in [6.07, 6.45) is 1.71. The third-order valence-electron chi connectivity index (χ3n) is 12.8. The Balaban J connectivity index is 0.787. The molecule has 0 bridgehead atoms. The fourth-order valence-corrected chi connectivity index (χ4v) is 11.5. The number of aliphatic hydroxyl groups is 1. The van der Waals surface area contributed by atoms with Gasteiger partial charge in [-0.1, -0.05) is 66.7 Å². The molecule has 1 saturated carbocycles. The summed E-state index contributed by atoms with van der Waals surface area (Å²) in [5.41, 5.74) is 7.73. The highest BCUT2D eigenvalue weighted by atomic mass is 32.1. The molecule has 2 amide bonds. The first kappa shape index (κ1) is 38.8. The topological polar surface area (TPSA) is 161 Å². The normalized spacial score (nSPS) is 20.7. The van der Waals surface area contributed by atoms with Crippen molar-refractivity contribution in [1.82, 2.24) is 30.6 Å². The number of nitrogens with one attached hydrogen (secondary N) is 1. The van der Waals surface area contributed by atoms with Crippen LogP contribution in [0.25, 0.3) is 31.9 Å². The number of phenolic OH excluding ortho intramolecular Hbond substituents is 1. The number of fused-ring (bicyclic) bond motifs is 1. The Morgan fingerprint density at radius 3 is 2.43 bits per heavy atom. The maximum Gasteiger partial charge on any atom is 0.243 e. The van der Waals surface area contributed by atoms with Gasteiger partial charge in [0.05, 0.1) is 38.9 Å². The Bertz CT molecular complexity index is 2580. The smallest absolute Gasteiger partial charge is 0.243 e. The fraction of sp³-hybridized carbons (Fsp3) is 0.422. The van der Waals surface area contributed by atoms with Crippen molar-refractivity contribution in [3.05, 3.63) is 88.8 Å². The van der Waals surface area contributed by atoms with Crippen molar-refractivity contribution in [1.29, 1.82) is 0 Å². The van der Waals surface area contributed by atoms with E-state index in [9.17, 15) is 19.8 Å². The van der Waals surface area contributed by atoms with Crippen LogP contribution in [0.5, 0.6) is 5.75 Å². The molecule has 3 saturated heterocycles. The van der Waals surface area contributed by atoms with Crippen molar-refractivity contribution in [3.63, 3.8) is 0 Å². The highest BCUT2D eigenvalue weighted by molar-refractivity contribution is 7.22. The van der Waals surface area contributed by atoms with Crippen LogP contribution in [0, 0.1) is 18.3 Å². The van der Waals surface area contributed by atoms with Gasteiger partial charge in [-0.15, -0.1) is 21.5 Å². The van der Waals surface area contributed by atoms with Gasteiger partial charge in [0, 0.05) is 61.6 Å². The van der Waals surface area contributed by atoms with E-state index in [1.807, 2.05) is 81.7 Å². The van der Waals surface area contributed by atoms with Gasteiger partial charge in [-0.3, -0.25) is 9.59 Å². The van der Waals surface area contributed by atoms with Gasteiger partial charge >= 0.3 is 0 Å². The molecule has 4 aromatic heterocycles. The number of hydrogen-bond acceptors (Lipinski definition) is 13. The van der Waals surface area contributed by atoms with E-state index < -0.39 is 18.1 Å². The van der Waals surface area contributed by atoms with Gasteiger partial charge in [0.2, 0.25) is 11.8 Å². The lowest BCUT2D eigenvalue weighted by Gasteiger charge is -2.60. The zero-order valence-electron chi connectivity index (χ0n) is 34.0. The summed E-state index contributed by atoms with van der Waals surface area (Å²) in [7, 11) is 0. The molecule has 0 radical (unpaired) electrons. The number of thiophene rings is 1. The van der Waals surface area contributed by atoms with Gasteiger partial charge in [-0.2, -0.15) is 0 Å². The van der Waals surface area contributed by atoms with Crippen molar-refractivity contribution < 1.29 is 24.3 Å². The van der Waals surface area contributed by atoms with Gasteiger partial charge in [0.1, 0.15) is 22.5 Å². The first-order chi connectivity index (χ1) is 28.9. The summed E-state index contributed by atoms with van der Waals surface area (Å²) in [6, 6.07) is 18.2. The molecule has 2 aromatic carbocycles. The summed E-state index contributed by atoms with van der Waals surface area (Å²) < 4.78 is 5.91. The van der Waals surface area contributed by atoms with Crippen LogP contribution in [0.15, 0.2) is 70.7 Å². The largest absolute Gasteiger partial charge is 0.507 e.